The van der Waals surface area contributed by atoms with E-state index in [0.29, 0.717) is 62.2 Å². The van der Waals surface area contributed by atoms with Crippen LogP contribution in [0.5, 0.6) is 5.75 Å². The van der Waals surface area contributed by atoms with Crippen molar-refractivity contribution >= 4 is 11.9 Å². The molecule has 60 heavy (non-hydrogen) atoms. The molecule has 1 saturated carbocycles. The fourth-order valence-corrected chi connectivity index (χ4v) is 8.49. The number of aliphatic hydroxyl groups excluding tert-OH is 2. The summed E-state index contributed by atoms with van der Waals surface area (Å²) in [6.07, 6.45) is 16.4. The van der Waals surface area contributed by atoms with Crippen molar-refractivity contribution in [2.75, 3.05) is 33.0 Å². The molecule has 1 aliphatic carbocycles. The van der Waals surface area contributed by atoms with Crippen molar-refractivity contribution in [1.82, 2.24) is 0 Å². The Morgan fingerprint density at radius 3 is 1.77 bits per heavy atom. The van der Waals surface area contributed by atoms with Crippen molar-refractivity contribution in [3.05, 3.63) is 101 Å². The van der Waals surface area contributed by atoms with Gasteiger partial charge in [-0.2, -0.15) is 0 Å². The van der Waals surface area contributed by atoms with Crippen molar-refractivity contribution < 1.29 is 34.0 Å². The highest BCUT2D eigenvalue weighted by atomic mass is 16.5. The second-order valence-corrected chi connectivity index (χ2v) is 17.3. The lowest BCUT2D eigenvalue weighted by molar-refractivity contribution is -0.139. The molecular formula is C53H74O7. The Hall–Kier alpha value is -4.20. The summed E-state index contributed by atoms with van der Waals surface area (Å²) in [7, 11) is 0. The van der Waals surface area contributed by atoms with Crippen LogP contribution < -0.4 is 4.74 Å². The van der Waals surface area contributed by atoms with Gasteiger partial charge in [-0.15, -0.1) is 0 Å². The molecule has 3 aromatic carbocycles. The Morgan fingerprint density at radius 2 is 1.25 bits per heavy atom. The first-order valence-electron chi connectivity index (χ1n) is 22.9. The third-order valence-corrected chi connectivity index (χ3v) is 12.7. The molecule has 0 spiro atoms. The van der Waals surface area contributed by atoms with Gasteiger partial charge in [-0.3, -0.25) is 0 Å². The maximum atomic E-state index is 12.2. The van der Waals surface area contributed by atoms with Crippen LogP contribution in [0.4, 0.5) is 0 Å². The highest BCUT2D eigenvalue weighted by Gasteiger charge is 2.27. The van der Waals surface area contributed by atoms with Crippen LogP contribution in [0.3, 0.4) is 0 Å². The van der Waals surface area contributed by atoms with E-state index in [-0.39, 0.29) is 26.4 Å². The molecule has 0 amide bonds. The molecule has 328 valence electrons. The second kappa shape index (κ2) is 24.9. The van der Waals surface area contributed by atoms with Crippen LogP contribution in [0.2, 0.25) is 0 Å². The van der Waals surface area contributed by atoms with Crippen LogP contribution in [0.1, 0.15) is 146 Å². The maximum Gasteiger partial charge on any atom is 0.333 e. The van der Waals surface area contributed by atoms with E-state index in [1.54, 1.807) is 13.8 Å². The molecule has 0 saturated heterocycles. The molecule has 1 aliphatic rings. The van der Waals surface area contributed by atoms with Crippen LogP contribution in [-0.2, 0) is 38.3 Å². The van der Waals surface area contributed by atoms with Gasteiger partial charge in [0.1, 0.15) is 5.75 Å². The van der Waals surface area contributed by atoms with Crippen LogP contribution in [0.25, 0.3) is 22.3 Å². The largest absolute Gasteiger partial charge is 0.493 e. The number of hydrogen-bond acceptors (Lipinski definition) is 7. The number of unbranched alkanes of at least 4 members (excludes halogenated alkanes) is 3. The molecule has 0 bridgehead atoms. The number of aryl methyl sites for hydroxylation is 3. The number of benzene rings is 3. The number of carbonyl (C=O) groups excluding carboxylic acids is 2. The summed E-state index contributed by atoms with van der Waals surface area (Å²) in [4.78, 5) is 24.4. The summed E-state index contributed by atoms with van der Waals surface area (Å²) in [6.45, 7) is 17.6. The number of aliphatic hydroxyl groups is 2. The molecule has 7 nitrogen and oxygen atoms in total. The van der Waals surface area contributed by atoms with Crippen LogP contribution in [0.15, 0.2) is 78.9 Å². The molecule has 0 unspecified atom stereocenters. The molecule has 3 aromatic rings. The van der Waals surface area contributed by atoms with Gasteiger partial charge in [0.15, 0.2) is 0 Å². The monoisotopic (exact) mass is 823 g/mol. The summed E-state index contributed by atoms with van der Waals surface area (Å²) in [6, 6.07) is 20.4. The zero-order chi connectivity index (χ0) is 43.5. The SMILES string of the molecule is C=C(C)C(=O)OCCCc1cc(-c2ccc(-c3ccc(C4CCC(CCCCCC)CC4)cc3)cc2CC)cc(CCCOC(=O)C(=C)C)c1OCCC(CC)(CO)CO. The van der Waals surface area contributed by atoms with Gasteiger partial charge in [-0.25, -0.2) is 9.59 Å². The molecule has 1 fully saturated rings. The van der Waals surface area contributed by atoms with Gasteiger partial charge in [0, 0.05) is 16.6 Å². The van der Waals surface area contributed by atoms with E-state index in [0.717, 1.165) is 40.3 Å². The van der Waals surface area contributed by atoms with Crippen molar-refractivity contribution in [1.29, 1.82) is 0 Å². The highest BCUT2D eigenvalue weighted by Crippen LogP contribution is 2.40. The van der Waals surface area contributed by atoms with Gasteiger partial charge in [0.05, 0.1) is 33.0 Å². The standard InChI is InChI=1S/C53H74O7/c1-8-11-12-13-16-40-19-21-42(22-20-40)43-23-25-44(26-24-43)45-27-28-49(41(9-2)33-45)48-34-46(17-14-30-59-51(56)38(4)5)50(58-32-29-53(10-3,36-54)37-55)47(35-48)18-15-31-60-52(57)39(6)7/h23-28,33-35,40,42,54-55H,4,6,8-22,29-32,36-37H2,1-3,5,7H3. The number of ether oxygens (including phenoxy) is 3. The Morgan fingerprint density at radius 1 is 0.683 bits per heavy atom. The third-order valence-electron chi connectivity index (χ3n) is 12.7. The Bertz CT molecular complexity index is 1760. The van der Waals surface area contributed by atoms with Crippen LogP contribution in [-0.4, -0.2) is 55.2 Å². The van der Waals surface area contributed by atoms with E-state index in [9.17, 15) is 19.8 Å². The average Bonchev–Trinajstić information content (AvgIpc) is 3.27. The van der Waals surface area contributed by atoms with Gasteiger partial charge in [0.2, 0.25) is 0 Å². The zero-order valence-electron chi connectivity index (χ0n) is 37.5. The molecule has 4 rings (SSSR count). The van der Waals surface area contributed by atoms with Crippen LogP contribution >= 0.6 is 0 Å². The highest BCUT2D eigenvalue weighted by molar-refractivity contribution is 5.87. The zero-order valence-corrected chi connectivity index (χ0v) is 37.5. The summed E-state index contributed by atoms with van der Waals surface area (Å²) in [5.74, 6) is 1.48. The Kier molecular flexibility index (Phi) is 20.1. The number of rotatable bonds is 26. The molecular weight excluding hydrogens is 749 g/mol. The van der Waals surface area contributed by atoms with Crippen molar-refractivity contribution in [3.8, 4) is 28.0 Å². The minimum Gasteiger partial charge on any atom is -0.493 e. The first-order valence-corrected chi connectivity index (χ1v) is 22.9. The molecule has 7 heteroatoms. The molecule has 0 atom stereocenters. The molecule has 0 aliphatic heterocycles. The first kappa shape index (κ1) is 48.5. The smallest absolute Gasteiger partial charge is 0.333 e. The summed E-state index contributed by atoms with van der Waals surface area (Å²) >= 11 is 0. The predicted octanol–water partition coefficient (Wildman–Crippen LogP) is 12.1. The lowest BCUT2D eigenvalue weighted by Crippen LogP contribution is -2.31. The Labute approximate surface area is 361 Å². The van der Waals surface area contributed by atoms with E-state index in [2.05, 4.69) is 81.6 Å². The van der Waals surface area contributed by atoms with Crippen molar-refractivity contribution in [2.45, 2.75) is 143 Å². The third kappa shape index (κ3) is 14.2. The quantitative estimate of drug-likeness (QED) is 0.0472. The molecule has 2 N–H and O–H groups in total. The van der Waals surface area contributed by atoms with Gasteiger partial charge in [0.25, 0.3) is 0 Å². The summed E-state index contributed by atoms with van der Waals surface area (Å²) < 4.78 is 17.5. The fourth-order valence-electron chi connectivity index (χ4n) is 8.49. The van der Waals surface area contributed by atoms with Gasteiger partial charge in [-0.1, -0.05) is 108 Å². The predicted molar refractivity (Wildman–Crippen MR) is 245 cm³/mol. The lowest BCUT2D eigenvalue weighted by atomic mass is 9.77. The lowest BCUT2D eigenvalue weighted by Gasteiger charge is -2.29. The number of hydrogen-bond donors (Lipinski definition) is 2. The van der Waals surface area contributed by atoms with E-state index >= 15 is 0 Å². The normalized spacial score (nSPS) is 15.4. The minimum absolute atomic E-state index is 0.135. The van der Waals surface area contributed by atoms with E-state index in [1.807, 2.05) is 6.92 Å². The first-order chi connectivity index (χ1) is 29.0. The minimum atomic E-state index is -0.640. The summed E-state index contributed by atoms with van der Waals surface area (Å²) in [5.41, 5.74) is 9.38. The number of carbonyl (C=O) groups is 2. The molecule has 0 heterocycles. The molecule has 0 aromatic heterocycles. The van der Waals surface area contributed by atoms with E-state index < -0.39 is 17.4 Å². The second-order valence-electron chi connectivity index (χ2n) is 17.3. The number of esters is 2. The molecule has 0 radical (unpaired) electrons. The van der Waals surface area contributed by atoms with Crippen molar-refractivity contribution in [2.24, 2.45) is 11.3 Å². The van der Waals surface area contributed by atoms with E-state index in [1.165, 1.54) is 80.0 Å². The summed E-state index contributed by atoms with van der Waals surface area (Å²) in [5, 5.41) is 20.3. The van der Waals surface area contributed by atoms with Crippen LogP contribution in [0, 0.1) is 11.3 Å². The topological polar surface area (TPSA) is 102 Å². The fraction of sp³-hybridized carbons (Fsp3) is 0.547. The van der Waals surface area contributed by atoms with Gasteiger partial charge >= 0.3 is 11.9 Å². The van der Waals surface area contributed by atoms with Gasteiger partial charge in [-0.05, 0) is 153 Å². The van der Waals surface area contributed by atoms with E-state index in [4.69, 9.17) is 14.2 Å². The Balaban J connectivity index is 1.62. The average molecular weight is 823 g/mol. The van der Waals surface area contributed by atoms with Gasteiger partial charge < -0.3 is 24.4 Å². The van der Waals surface area contributed by atoms with Crippen molar-refractivity contribution in [3.63, 3.8) is 0 Å². The maximum absolute atomic E-state index is 12.2.